The second-order valence-electron chi connectivity index (χ2n) is 3.93. The summed E-state index contributed by atoms with van der Waals surface area (Å²) in [7, 11) is 0. The largest absolute Gasteiger partial charge is 0.383 e. The summed E-state index contributed by atoms with van der Waals surface area (Å²) in [6, 6.07) is 3.31. The first-order valence-corrected chi connectivity index (χ1v) is 5.35. The van der Waals surface area contributed by atoms with Crippen molar-refractivity contribution in [1.82, 2.24) is 15.0 Å². The van der Waals surface area contributed by atoms with Crippen molar-refractivity contribution >= 4 is 5.82 Å². The monoisotopic (exact) mass is 229 g/mol. The fourth-order valence-corrected chi connectivity index (χ4v) is 1.79. The molecule has 0 radical (unpaired) electrons. The van der Waals surface area contributed by atoms with Crippen molar-refractivity contribution in [3.63, 3.8) is 0 Å². The quantitative estimate of drug-likeness (QED) is 0.805. The molecule has 2 rings (SSSR count). The number of hydrogen-bond donors (Lipinski definition) is 2. The molecule has 0 fully saturated rings. The summed E-state index contributed by atoms with van der Waals surface area (Å²) < 4.78 is 0. The fraction of sp³-hybridized carbons (Fsp3) is 0.250. The third kappa shape index (κ3) is 2.24. The molecule has 2 aromatic heterocycles. The molecule has 0 spiro atoms. The van der Waals surface area contributed by atoms with Gasteiger partial charge in [-0.3, -0.25) is 0 Å². The van der Waals surface area contributed by atoms with Crippen LogP contribution in [0.4, 0.5) is 5.82 Å². The van der Waals surface area contributed by atoms with Crippen LogP contribution in [0.3, 0.4) is 0 Å². The SMILES string of the molecule is Cc1nccc(C(N)c2c(C)ccnc2N)n1. The minimum absolute atomic E-state index is 0.370. The van der Waals surface area contributed by atoms with E-state index >= 15 is 0 Å². The number of aromatic nitrogens is 3. The maximum Gasteiger partial charge on any atom is 0.128 e. The predicted molar refractivity (Wildman–Crippen MR) is 66.2 cm³/mol. The predicted octanol–water partition coefficient (Wildman–Crippen LogP) is 1.12. The highest BCUT2D eigenvalue weighted by molar-refractivity contribution is 5.48. The number of hydrogen-bond acceptors (Lipinski definition) is 5. The molecule has 1 unspecified atom stereocenters. The number of nitrogens with zero attached hydrogens (tertiary/aromatic N) is 3. The minimum Gasteiger partial charge on any atom is -0.383 e. The number of anilines is 1. The average Bonchev–Trinajstić information content (AvgIpc) is 2.28. The van der Waals surface area contributed by atoms with Crippen molar-refractivity contribution < 1.29 is 0 Å². The molecule has 0 bridgehead atoms. The maximum absolute atomic E-state index is 6.18. The van der Waals surface area contributed by atoms with Crippen molar-refractivity contribution in [2.75, 3.05) is 5.73 Å². The molecule has 0 saturated carbocycles. The van der Waals surface area contributed by atoms with Crippen LogP contribution >= 0.6 is 0 Å². The Morgan fingerprint density at radius 3 is 2.47 bits per heavy atom. The summed E-state index contributed by atoms with van der Waals surface area (Å²) >= 11 is 0. The van der Waals surface area contributed by atoms with Gasteiger partial charge in [0.05, 0.1) is 11.7 Å². The zero-order valence-electron chi connectivity index (χ0n) is 9.88. The summed E-state index contributed by atoms with van der Waals surface area (Å²) in [4.78, 5) is 12.4. The molecular formula is C12H15N5. The Kier molecular flexibility index (Phi) is 3.01. The first kappa shape index (κ1) is 11.5. The van der Waals surface area contributed by atoms with Gasteiger partial charge in [0.15, 0.2) is 0 Å². The molecule has 88 valence electrons. The minimum atomic E-state index is -0.370. The second kappa shape index (κ2) is 4.47. The van der Waals surface area contributed by atoms with Gasteiger partial charge >= 0.3 is 0 Å². The van der Waals surface area contributed by atoms with E-state index in [4.69, 9.17) is 11.5 Å². The lowest BCUT2D eigenvalue weighted by Gasteiger charge is -2.15. The normalized spacial score (nSPS) is 12.4. The average molecular weight is 229 g/mol. The molecular weight excluding hydrogens is 214 g/mol. The van der Waals surface area contributed by atoms with E-state index in [-0.39, 0.29) is 6.04 Å². The molecule has 5 nitrogen and oxygen atoms in total. The van der Waals surface area contributed by atoms with Crippen LogP contribution in [0, 0.1) is 13.8 Å². The smallest absolute Gasteiger partial charge is 0.128 e. The van der Waals surface area contributed by atoms with Gasteiger partial charge in [-0.05, 0) is 31.5 Å². The van der Waals surface area contributed by atoms with Gasteiger partial charge in [-0.25, -0.2) is 15.0 Å². The molecule has 0 aliphatic rings. The number of nitrogen functional groups attached to an aromatic ring is 1. The van der Waals surface area contributed by atoms with Crippen LogP contribution in [0.15, 0.2) is 24.5 Å². The van der Waals surface area contributed by atoms with Crippen molar-refractivity contribution in [3.8, 4) is 0 Å². The second-order valence-corrected chi connectivity index (χ2v) is 3.93. The van der Waals surface area contributed by atoms with E-state index in [1.54, 1.807) is 18.5 Å². The number of rotatable bonds is 2. The van der Waals surface area contributed by atoms with Crippen LogP contribution in [-0.2, 0) is 0 Å². The van der Waals surface area contributed by atoms with Crippen molar-refractivity contribution in [2.24, 2.45) is 5.73 Å². The summed E-state index contributed by atoms with van der Waals surface area (Å²) in [6.45, 7) is 3.79. The van der Waals surface area contributed by atoms with Crippen molar-refractivity contribution in [1.29, 1.82) is 0 Å². The first-order valence-electron chi connectivity index (χ1n) is 5.35. The maximum atomic E-state index is 6.18. The molecule has 0 aliphatic carbocycles. The molecule has 0 aromatic carbocycles. The van der Waals surface area contributed by atoms with Gasteiger partial charge in [-0.15, -0.1) is 0 Å². The molecule has 2 heterocycles. The lowest BCUT2D eigenvalue weighted by Crippen LogP contribution is -2.18. The van der Waals surface area contributed by atoms with Crippen molar-refractivity contribution in [3.05, 3.63) is 47.2 Å². The number of pyridine rings is 1. The van der Waals surface area contributed by atoms with Gasteiger partial charge in [-0.2, -0.15) is 0 Å². The van der Waals surface area contributed by atoms with Crippen LogP contribution in [-0.4, -0.2) is 15.0 Å². The standard InChI is InChI=1S/C12H15N5/c1-7-3-5-16-12(14)10(7)11(13)9-4-6-15-8(2)17-9/h3-6,11H,13H2,1-2H3,(H2,14,16). The fourth-order valence-electron chi connectivity index (χ4n) is 1.79. The van der Waals surface area contributed by atoms with Gasteiger partial charge < -0.3 is 11.5 Å². The Bertz CT molecular complexity index is 518. The molecule has 17 heavy (non-hydrogen) atoms. The first-order chi connectivity index (χ1) is 8.09. The third-order valence-corrected chi connectivity index (χ3v) is 2.67. The van der Waals surface area contributed by atoms with Crippen LogP contribution in [0.5, 0.6) is 0 Å². The van der Waals surface area contributed by atoms with E-state index in [9.17, 15) is 0 Å². The lowest BCUT2D eigenvalue weighted by molar-refractivity contribution is 0.799. The highest BCUT2D eigenvalue weighted by Crippen LogP contribution is 2.24. The highest BCUT2D eigenvalue weighted by atomic mass is 14.9. The van der Waals surface area contributed by atoms with E-state index in [2.05, 4.69) is 15.0 Å². The zero-order chi connectivity index (χ0) is 12.4. The van der Waals surface area contributed by atoms with Gasteiger partial charge in [0.25, 0.3) is 0 Å². The third-order valence-electron chi connectivity index (χ3n) is 2.67. The molecule has 0 amide bonds. The number of nitrogens with two attached hydrogens (primary N) is 2. The number of aryl methyl sites for hydroxylation is 2. The van der Waals surface area contributed by atoms with Crippen LogP contribution in [0.1, 0.15) is 28.7 Å². The summed E-state index contributed by atoms with van der Waals surface area (Å²) in [6.07, 6.45) is 3.37. The zero-order valence-corrected chi connectivity index (χ0v) is 9.88. The van der Waals surface area contributed by atoms with E-state index < -0.39 is 0 Å². The highest BCUT2D eigenvalue weighted by Gasteiger charge is 2.16. The summed E-state index contributed by atoms with van der Waals surface area (Å²) in [5.41, 5.74) is 14.6. The van der Waals surface area contributed by atoms with Crippen LogP contribution in [0.25, 0.3) is 0 Å². The van der Waals surface area contributed by atoms with E-state index in [1.165, 1.54) is 0 Å². The topological polar surface area (TPSA) is 90.7 Å². The lowest BCUT2D eigenvalue weighted by atomic mass is 10.0. The Balaban J connectivity index is 2.47. The molecule has 0 aliphatic heterocycles. The van der Waals surface area contributed by atoms with Crippen molar-refractivity contribution in [2.45, 2.75) is 19.9 Å². The van der Waals surface area contributed by atoms with E-state index in [0.29, 0.717) is 11.6 Å². The van der Waals surface area contributed by atoms with Crippen LogP contribution in [0.2, 0.25) is 0 Å². The molecule has 0 saturated heterocycles. The van der Waals surface area contributed by atoms with Crippen LogP contribution < -0.4 is 11.5 Å². The molecule has 1 atom stereocenters. The van der Waals surface area contributed by atoms with Gasteiger partial charge in [-0.1, -0.05) is 0 Å². The Morgan fingerprint density at radius 1 is 1.12 bits per heavy atom. The summed E-state index contributed by atoms with van der Waals surface area (Å²) in [5.74, 6) is 1.15. The Labute approximate surface area is 99.9 Å². The van der Waals surface area contributed by atoms with E-state index in [1.807, 2.05) is 19.9 Å². The molecule has 2 aromatic rings. The Hall–Kier alpha value is -2.01. The molecule has 4 N–H and O–H groups in total. The summed E-state index contributed by atoms with van der Waals surface area (Å²) in [5, 5.41) is 0. The van der Waals surface area contributed by atoms with Gasteiger partial charge in [0.2, 0.25) is 0 Å². The van der Waals surface area contributed by atoms with Gasteiger partial charge in [0.1, 0.15) is 11.6 Å². The Morgan fingerprint density at radius 2 is 1.82 bits per heavy atom. The molecule has 5 heteroatoms. The van der Waals surface area contributed by atoms with Gasteiger partial charge in [0, 0.05) is 18.0 Å². The van der Waals surface area contributed by atoms with E-state index in [0.717, 1.165) is 16.8 Å².